The highest BCUT2D eigenvalue weighted by molar-refractivity contribution is 9.10. The van der Waals surface area contributed by atoms with Crippen molar-refractivity contribution in [2.75, 3.05) is 67.7 Å². The van der Waals surface area contributed by atoms with Crippen molar-refractivity contribution in [3.8, 4) is 17.0 Å². The number of H-pyrrole nitrogens is 1. The molecule has 0 bridgehead atoms. The van der Waals surface area contributed by atoms with Gasteiger partial charge in [0.1, 0.15) is 42.7 Å². The number of fused-ring (bicyclic) bond motifs is 3. The number of hydrogen-bond donors (Lipinski definition) is 4. The molecule has 19 nitrogen and oxygen atoms in total. The number of nitrogens with zero attached hydrogens (tertiary/aromatic N) is 10. The lowest BCUT2D eigenvalue weighted by Crippen LogP contribution is -2.49. The van der Waals surface area contributed by atoms with Crippen LogP contribution in [0.3, 0.4) is 0 Å². The summed E-state index contributed by atoms with van der Waals surface area (Å²) in [4.78, 5) is 71.7. The van der Waals surface area contributed by atoms with Crippen molar-refractivity contribution in [2.45, 2.75) is 58.0 Å². The van der Waals surface area contributed by atoms with Gasteiger partial charge < -0.3 is 45.5 Å². The van der Waals surface area contributed by atoms with Gasteiger partial charge in [0.2, 0.25) is 11.9 Å². The molecule has 372 valence electrons. The molecule has 0 unspecified atom stereocenters. The first kappa shape index (κ1) is 47.9. The van der Waals surface area contributed by atoms with Gasteiger partial charge in [0, 0.05) is 43.5 Å². The average Bonchev–Trinajstić information content (AvgIpc) is 3.82. The molecule has 4 aromatic heterocycles. The number of aromatic nitrogens is 8. The molecule has 22 heteroatoms. The first-order valence-electron chi connectivity index (χ1n) is 23.6. The van der Waals surface area contributed by atoms with Crippen molar-refractivity contribution in [2.24, 2.45) is 5.92 Å². The largest absolute Gasteiger partial charge is 0.486 e. The van der Waals surface area contributed by atoms with E-state index in [0.717, 1.165) is 59.7 Å². The van der Waals surface area contributed by atoms with Crippen LogP contribution in [0.25, 0.3) is 27.9 Å². The van der Waals surface area contributed by atoms with Crippen molar-refractivity contribution >= 4 is 73.9 Å². The minimum Gasteiger partial charge on any atom is -0.486 e. The maximum absolute atomic E-state index is 15.2. The van der Waals surface area contributed by atoms with Crippen LogP contribution in [-0.4, -0.2) is 120 Å². The number of carbonyl (C=O) groups is 3. The maximum atomic E-state index is 15.2. The number of nitrogens with one attached hydrogen (secondary N) is 3. The minimum atomic E-state index is -0.739. The second-order valence-electron chi connectivity index (χ2n) is 18.5. The third kappa shape index (κ3) is 9.82. The second kappa shape index (κ2) is 19.8. The number of aryl methyl sites for hydroxylation is 1. The van der Waals surface area contributed by atoms with Gasteiger partial charge in [-0.15, -0.1) is 0 Å². The fraction of sp³-hybridized carbons (Fsp3) is 0.340. The van der Waals surface area contributed by atoms with Gasteiger partial charge in [-0.2, -0.15) is 19.6 Å². The number of hydrogen-bond acceptors (Lipinski definition) is 14. The molecule has 3 aromatic carbocycles. The number of amides is 3. The molecule has 6 heterocycles. The smallest absolute Gasteiger partial charge is 0.410 e. The molecule has 3 aliphatic rings. The van der Waals surface area contributed by atoms with Gasteiger partial charge in [0.05, 0.1) is 46.4 Å². The molecular formula is C50H51BrF2N14O5. The molecule has 10 rings (SSSR count). The standard InChI is InChI=1S/C50H51BrF2N14O5/c1-26-7-12-37-39(16-26)60-41(59-37)21-55-48-63-49(62-45-35(51)20-58-67(45)48)65-22-31-6-5-13-66(40(31)23-65)50(70)72-24-27(2)47(69)64(4)14-15-71-43-42(56-25-57-44(43)54)34-18-32(52)19-38(28(34)3)61-46(68)33-11-10-30(17-36(33)53)29-8-9-29/h7,10-12,16-20,25,29,31,40H,2,5-6,8-9,13-15,21-24H2,1,3-4H3,(H,59,60)(H,61,68)(H2,54,56,57)(H,55,62,63)/t31-,40+/m0/s1. The van der Waals surface area contributed by atoms with Gasteiger partial charge in [0.25, 0.3) is 11.8 Å². The summed E-state index contributed by atoms with van der Waals surface area (Å²) in [5.74, 6) is -0.452. The Morgan fingerprint density at radius 3 is 2.67 bits per heavy atom. The summed E-state index contributed by atoms with van der Waals surface area (Å²) >= 11 is 3.58. The van der Waals surface area contributed by atoms with Crippen LogP contribution in [0.2, 0.25) is 0 Å². The highest BCUT2D eigenvalue weighted by atomic mass is 79.9. The molecule has 1 aliphatic carbocycles. The molecule has 0 spiro atoms. The lowest BCUT2D eigenvalue weighted by molar-refractivity contribution is -0.126. The van der Waals surface area contributed by atoms with E-state index in [-0.39, 0.29) is 71.4 Å². The molecule has 3 amide bonds. The molecule has 3 fully saturated rings. The van der Waals surface area contributed by atoms with Crippen LogP contribution in [0.4, 0.5) is 37.0 Å². The third-order valence-electron chi connectivity index (χ3n) is 13.4. The molecule has 5 N–H and O–H groups in total. The minimum absolute atomic E-state index is 0.0250. The van der Waals surface area contributed by atoms with Crippen molar-refractivity contribution in [3.05, 3.63) is 117 Å². The van der Waals surface area contributed by atoms with E-state index in [9.17, 15) is 18.8 Å². The quantitative estimate of drug-likeness (QED) is 0.0727. The summed E-state index contributed by atoms with van der Waals surface area (Å²) < 4.78 is 44.3. The number of nitrogens with two attached hydrogens (primary N) is 1. The zero-order valence-electron chi connectivity index (χ0n) is 39.7. The number of benzene rings is 3. The SMILES string of the molecule is C=C(COC(=O)N1CCC[C@H]2CN(c3nc(NCc4nc5ccc(C)cc5[nH]4)n4ncc(Br)c4n3)C[C@H]21)C(=O)N(C)CCOc1c(N)ncnc1-c1cc(F)cc(NC(=O)c2ccc(C3CC3)cc2F)c1C. The van der Waals surface area contributed by atoms with Crippen LogP contribution in [0.5, 0.6) is 5.75 Å². The van der Waals surface area contributed by atoms with E-state index in [1.165, 1.54) is 29.4 Å². The Hall–Kier alpha value is -7.75. The molecular weight excluding hydrogens is 995 g/mol. The fourth-order valence-corrected chi connectivity index (χ4v) is 9.74. The van der Waals surface area contributed by atoms with Gasteiger partial charge in [-0.3, -0.25) is 9.59 Å². The highest BCUT2D eigenvalue weighted by Gasteiger charge is 2.43. The zero-order valence-corrected chi connectivity index (χ0v) is 41.3. The highest BCUT2D eigenvalue weighted by Crippen LogP contribution is 2.41. The molecule has 2 atom stereocenters. The summed E-state index contributed by atoms with van der Waals surface area (Å²) in [7, 11) is 1.54. The number of anilines is 4. The fourth-order valence-electron chi connectivity index (χ4n) is 9.39. The zero-order chi connectivity index (χ0) is 50.4. The van der Waals surface area contributed by atoms with Gasteiger partial charge in [-0.05, 0) is 120 Å². The number of nitrogen functional groups attached to an aromatic ring is 1. The normalized spacial score (nSPS) is 16.5. The predicted molar refractivity (Wildman–Crippen MR) is 269 cm³/mol. The summed E-state index contributed by atoms with van der Waals surface area (Å²) in [6, 6.07) is 12.8. The number of likely N-dealkylation sites (tertiary alicyclic amines) is 1. The first-order valence-corrected chi connectivity index (χ1v) is 24.3. The molecule has 2 aliphatic heterocycles. The molecule has 1 saturated carbocycles. The van der Waals surface area contributed by atoms with E-state index >= 15 is 4.39 Å². The van der Waals surface area contributed by atoms with Gasteiger partial charge >= 0.3 is 6.09 Å². The number of aromatic amines is 1. The number of likely N-dealkylation sites (N-methyl/N-ethyl adjacent to an activating group) is 1. The maximum Gasteiger partial charge on any atom is 0.410 e. The molecule has 7 aromatic rings. The average molecular weight is 1050 g/mol. The van der Waals surface area contributed by atoms with E-state index in [2.05, 4.69) is 64.2 Å². The van der Waals surface area contributed by atoms with E-state index < -0.39 is 29.5 Å². The van der Waals surface area contributed by atoms with Gasteiger partial charge in [-0.1, -0.05) is 18.7 Å². The van der Waals surface area contributed by atoms with Crippen molar-refractivity contribution in [1.29, 1.82) is 0 Å². The Morgan fingerprint density at radius 2 is 1.86 bits per heavy atom. The predicted octanol–water partition coefficient (Wildman–Crippen LogP) is 7.57. The van der Waals surface area contributed by atoms with Crippen LogP contribution in [0.1, 0.15) is 64.5 Å². The van der Waals surface area contributed by atoms with Crippen LogP contribution in [0, 0.1) is 31.4 Å². The van der Waals surface area contributed by atoms with Crippen LogP contribution >= 0.6 is 15.9 Å². The Kier molecular flexibility index (Phi) is 13.2. The molecule has 2 saturated heterocycles. The molecule has 72 heavy (non-hydrogen) atoms. The Labute approximate surface area is 420 Å². The van der Waals surface area contributed by atoms with Crippen LogP contribution < -0.4 is 26.0 Å². The van der Waals surface area contributed by atoms with E-state index in [1.54, 1.807) is 35.6 Å². The van der Waals surface area contributed by atoms with Gasteiger partial charge in [-0.25, -0.2) is 28.5 Å². The lowest BCUT2D eigenvalue weighted by atomic mass is 9.92. The second-order valence-corrected chi connectivity index (χ2v) is 19.3. The number of rotatable bonds is 15. The summed E-state index contributed by atoms with van der Waals surface area (Å²) in [5.41, 5.74) is 11.4. The number of ether oxygens (including phenoxy) is 2. The Bertz CT molecular complexity index is 3290. The van der Waals surface area contributed by atoms with E-state index in [1.807, 2.05) is 19.1 Å². The van der Waals surface area contributed by atoms with Crippen molar-refractivity contribution in [3.63, 3.8) is 0 Å². The summed E-state index contributed by atoms with van der Waals surface area (Å²) in [5, 5.41) is 10.5. The number of halogens is 3. The molecule has 0 radical (unpaired) electrons. The van der Waals surface area contributed by atoms with Crippen LogP contribution in [0.15, 0.2) is 77.7 Å². The number of imidazole rings is 1. The van der Waals surface area contributed by atoms with Crippen LogP contribution in [-0.2, 0) is 16.1 Å². The number of piperidine rings is 1. The Morgan fingerprint density at radius 1 is 1.03 bits per heavy atom. The van der Waals surface area contributed by atoms with E-state index in [4.69, 9.17) is 30.2 Å². The van der Waals surface area contributed by atoms with E-state index in [0.29, 0.717) is 59.7 Å². The first-order chi connectivity index (χ1) is 34.7. The van der Waals surface area contributed by atoms with Crippen molar-refractivity contribution in [1.82, 2.24) is 49.3 Å². The third-order valence-corrected chi connectivity index (χ3v) is 14.0. The summed E-state index contributed by atoms with van der Waals surface area (Å²) in [6.07, 6.45) is 5.95. The summed E-state index contributed by atoms with van der Waals surface area (Å²) in [6.45, 7) is 9.15. The Balaban J connectivity index is 0.739. The van der Waals surface area contributed by atoms with Crippen molar-refractivity contribution < 1.29 is 32.6 Å². The van der Waals surface area contributed by atoms with Gasteiger partial charge in [0.15, 0.2) is 17.2 Å². The number of carbonyl (C=O) groups excluding carboxylic acids is 3. The topological polar surface area (TPSA) is 227 Å². The monoisotopic (exact) mass is 1040 g/mol. The lowest BCUT2D eigenvalue weighted by Gasteiger charge is -2.35.